The minimum absolute atomic E-state index is 0.405. The molecular formula is C16H24N2S. The Morgan fingerprint density at radius 2 is 1.84 bits per heavy atom. The molecule has 1 aromatic carbocycles. The second-order valence-electron chi connectivity index (χ2n) is 5.55. The third-order valence-corrected chi connectivity index (χ3v) is 4.49. The highest BCUT2D eigenvalue weighted by molar-refractivity contribution is 7.99. The zero-order chi connectivity index (χ0) is 14.5. The minimum atomic E-state index is -0.440. The van der Waals surface area contributed by atoms with E-state index in [0.29, 0.717) is 11.2 Å². The number of rotatable bonds is 6. The van der Waals surface area contributed by atoms with Gasteiger partial charge < -0.3 is 5.32 Å². The van der Waals surface area contributed by atoms with Crippen molar-refractivity contribution in [3.63, 3.8) is 0 Å². The van der Waals surface area contributed by atoms with Gasteiger partial charge in [-0.3, -0.25) is 0 Å². The molecule has 1 aromatic rings. The van der Waals surface area contributed by atoms with Crippen LogP contribution < -0.4 is 5.32 Å². The van der Waals surface area contributed by atoms with Crippen LogP contribution in [0.2, 0.25) is 0 Å². The number of hydrogen-bond donors (Lipinski definition) is 1. The molecule has 0 amide bonds. The van der Waals surface area contributed by atoms with Crippen LogP contribution in [0.15, 0.2) is 29.2 Å². The molecule has 2 unspecified atom stereocenters. The summed E-state index contributed by atoms with van der Waals surface area (Å²) in [7, 11) is 1.85. The van der Waals surface area contributed by atoms with Crippen molar-refractivity contribution >= 4 is 11.8 Å². The lowest BCUT2D eigenvalue weighted by molar-refractivity contribution is 0.455. The largest absolute Gasteiger partial charge is 0.303 e. The predicted molar refractivity (Wildman–Crippen MR) is 83.5 cm³/mol. The highest BCUT2D eigenvalue weighted by atomic mass is 32.2. The van der Waals surface area contributed by atoms with E-state index in [4.69, 9.17) is 0 Å². The molecule has 0 aliphatic carbocycles. The summed E-state index contributed by atoms with van der Waals surface area (Å²) in [6.45, 7) is 8.53. The average molecular weight is 276 g/mol. The first-order chi connectivity index (χ1) is 8.90. The molecule has 1 rings (SSSR count). The van der Waals surface area contributed by atoms with Gasteiger partial charge in [0.1, 0.15) is 5.54 Å². The summed E-state index contributed by atoms with van der Waals surface area (Å²) in [6.07, 6.45) is 0.830. The first kappa shape index (κ1) is 16.1. The van der Waals surface area contributed by atoms with Crippen LogP contribution in [0.5, 0.6) is 0 Å². The van der Waals surface area contributed by atoms with E-state index < -0.39 is 5.54 Å². The molecular weight excluding hydrogens is 252 g/mol. The van der Waals surface area contributed by atoms with Crippen molar-refractivity contribution in [2.75, 3.05) is 7.05 Å². The fourth-order valence-electron chi connectivity index (χ4n) is 1.98. The van der Waals surface area contributed by atoms with Crippen LogP contribution in [-0.2, 0) is 0 Å². The number of benzene rings is 1. The molecule has 2 nitrogen and oxygen atoms in total. The Labute approximate surface area is 121 Å². The van der Waals surface area contributed by atoms with Crippen LogP contribution in [-0.4, -0.2) is 17.8 Å². The number of nitriles is 1. The number of nitrogens with one attached hydrogen (secondary N) is 1. The van der Waals surface area contributed by atoms with Gasteiger partial charge in [-0.1, -0.05) is 32.9 Å². The van der Waals surface area contributed by atoms with Crippen molar-refractivity contribution in [2.45, 2.75) is 55.7 Å². The Morgan fingerprint density at radius 3 is 2.26 bits per heavy atom. The minimum Gasteiger partial charge on any atom is -0.303 e. The van der Waals surface area contributed by atoms with Gasteiger partial charge in [-0.15, -0.1) is 11.8 Å². The van der Waals surface area contributed by atoms with Crippen molar-refractivity contribution in [1.29, 1.82) is 5.26 Å². The van der Waals surface area contributed by atoms with Gasteiger partial charge in [0.15, 0.2) is 0 Å². The lowest BCUT2D eigenvalue weighted by atomic mass is 9.98. The van der Waals surface area contributed by atoms with Crippen LogP contribution in [0.1, 0.15) is 45.6 Å². The summed E-state index contributed by atoms with van der Waals surface area (Å²) < 4.78 is 0. The van der Waals surface area contributed by atoms with Crippen molar-refractivity contribution < 1.29 is 0 Å². The molecule has 0 bridgehead atoms. The smallest absolute Gasteiger partial charge is 0.104 e. The highest BCUT2D eigenvalue weighted by Gasteiger charge is 2.24. The Balaban J connectivity index is 2.62. The maximum absolute atomic E-state index is 9.18. The van der Waals surface area contributed by atoms with E-state index in [1.165, 1.54) is 10.5 Å². The van der Waals surface area contributed by atoms with Gasteiger partial charge in [0.25, 0.3) is 0 Å². The lowest BCUT2D eigenvalue weighted by Gasteiger charge is -2.24. The fraction of sp³-hybridized carbons (Fsp3) is 0.562. The molecule has 3 heteroatoms. The molecule has 0 aliphatic rings. The summed E-state index contributed by atoms with van der Waals surface area (Å²) in [6, 6.07) is 11.1. The third kappa shape index (κ3) is 4.89. The third-order valence-electron chi connectivity index (χ3n) is 3.38. The normalized spacial score (nSPS) is 15.8. The quantitative estimate of drug-likeness (QED) is 0.792. The molecule has 0 heterocycles. The van der Waals surface area contributed by atoms with Gasteiger partial charge in [-0.2, -0.15) is 5.26 Å². The lowest BCUT2D eigenvalue weighted by Crippen LogP contribution is -2.40. The highest BCUT2D eigenvalue weighted by Crippen LogP contribution is 2.29. The van der Waals surface area contributed by atoms with Crippen molar-refractivity contribution in [2.24, 2.45) is 0 Å². The van der Waals surface area contributed by atoms with Gasteiger partial charge in [-0.05, 0) is 44.0 Å². The molecule has 1 N–H and O–H groups in total. The van der Waals surface area contributed by atoms with Gasteiger partial charge >= 0.3 is 0 Å². The Morgan fingerprint density at radius 1 is 1.26 bits per heavy atom. The average Bonchev–Trinajstić information content (AvgIpc) is 2.39. The second-order valence-corrected chi connectivity index (χ2v) is 7.06. The number of hydrogen-bond acceptors (Lipinski definition) is 3. The van der Waals surface area contributed by atoms with E-state index >= 15 is 0 Å². The Bertz CT molecular complexity index is 433. The monoisotopic (exact) mass is 276 g/mol. The van der Waals surface area contributed by atoms with E-state index in [-0.39, 0.29) is 0 Å². The maximum Gasteiger partial charge on any atom is 0.104 e. The van der Waals surface area contributed by atoms with E-state index in [9.17, 15) is 5.26 Å². The van der Waals surface area contributed by atoms with Gasteiger partial charge in [-0.25, -0.2) is 0 Å². The van der Waals surface area contributed by atoms with Gasteiger partial charge in [0.05, 0.1) is 6.07 Å². The molecule has 104 valence electrons. The second kappa shape index (κ2) is 6.98. The Hall–Kier alpha value is -0.980. The molecule has 0 aliphatic heterocycles. The molecule has 2 atom stereocenters. The van der Waals surface area contributed by atoms with E-state index in [1.807, 2.05) is 25.7 Å². The van der Waals surface area contributed by atoms with E-state index in [2.05, 4.69) is 56.4 Å². The predicted octanol–water partition coefficient (Wildman–Crippen LogP) is 4.18. The summed E-state index contributed by atoms with van der Waals surface area (Å²) in [5.74, 6) is 0.572. The summed E-state index contributed by atoms with van der Waals surface area (Å²) in [4.78, 5) is 1.27. The van der Waals surface area contributed by atoms with Crippen LogP contribution in [0, 0.1) is 11.3 Å². The topological polar surface area (TPSA) is 35.8 Å². The summed E-state index contributed by atoms with van der Waals surface area (Å²) >= 11 is 1.83. The summed E-state index contributed by atoms with van der Waals surface area (Å²) in [5, 5.41) is 12.7. The molecule has 0 spiro atoms. The van der Waals surface area contributed by atoms with Crippen molar-refractivity contribution in [3.05, 3.63) is 29.8 Å². The van der Waals surface area contributed by atoms with Crippen molar-refractivity contribution in [3.8, 4) is 6.07 Å². The summed E-state index contributed by atoms with van der Waals surface area (Å²) in [5.41, 5.74) is 0.929. The van der Waals surface area contributed by atoms with Crippen LogP contribution in [0.4, 0.5) is 0 Å². The first-order valence-corrected chi connectivity index (χ1v) is 7.65. The van der Waals surface area contributed by atoms with Crippen LogP contribution >= 0.6 is 11.8 Å². The van der Waals surface area contributed by atoms with E-state index in [1.54, 1.807) is 0 Å². The number of nitrogens with zero attached hydrogens (tertiary/aromatic N) is 1. The molecule has 0 fully saturated rings. The fourth-order valence-corrected chi connectivity index (χ4v) is 3.16. The molecule has 0 radical (unpaired) electrons. The Kier molecular flexibility index (Phi) is 5.90. The van der Waals surface area contributed by atoms with Crippen LogP contribution in [0.25, 0.3) is 0 Å². The van der Waals surface area contributed by atoms with Gasteiger partial charge in [0.2, 0.25) is 0 Å². The molecule has 19 heavy (non-hydrogen) atoms. The van der Waals surface area contributed by atoms with Crippen molar-refractivity contribution in [1.82, 2.24) is 5.32 Å². The zero-order valence-corrected chi connectivity index (χ0v) is 13.3. The standard InChI is InChI=1S/C16H24N2S/c1-12(2)14-6-8-15(9-7-14)19-13(3)10-16(4,11-17)18-5/h6-9,12-13,18H,10H2,1-5H3. The van der Waals surface area contributed by atoms with E-state index in [0.717, 1.165) is 6.42 Å². The number of thioether (sulfide) groups is 1. The maximum atomic E-state index is 9.18. The first-order valence-electron chi connectivity index (χ1n) is 6.77. The molecule has 0 saturated carbocycles. The molecule has 0 saturated heterocycles. The SMILES string of the molecule is CNC(C)(C#N)CC(C)Sc1ccc(C(C)C)cc1. The molecule has 0 aromatic heterocycles. The van der Waals surface area contributed by atoms with Crippen LogP contribution in [0.3, 0.4) is 0 Å². The zero-order valence-electron chi connectivity index (χ0n) is 12.5. The van der Waals surface area contributed by atoms with Gasteiger partial charge in [0, 0.05) is 10.1 Å².